The van der Waals surface area contributed by atoms with Gasteiger partial charge in [-0.25, -0.2) is 4.57 Å². The fourth-order valence-electron chi connectivity index (χ4n) is 2.48. The molecule has 0 unspecified atom stereocenters. The van der Waals surface area contributed by atoms with Crippen molar-refractivity contribution in [3.8, 4) is 0 Å². The van der Waals surface area contributed by atoms with Crippen molar-refractivity contribution in [1.82, 2.24) is 0 Å². The molecular weight excluding hydrogens is 352 g/mol. The van der Waals surface area contributed by atoms with Crippen LogP contribution in [0.25, 0.3) is 0 Å². The molecule has 6 heteroatoms. The second-order valence-electron chi connectivity index (χ2n) is 5.79. The van der Waals surface area contributed by atoms with Crippen LogP contribution in [0, 0.1) is 6.92 Å². The lowest BCUT2D eigenvalue weighted by molar-refractivity contribution is -0.654. The normalized spacial score (nSPS) is 10.7. The molecule has 0 atom stereocenters. The Morgan fingerprint density at radius 3 is 2.28 bits per heavy atom. The maximum absolute atomic E-state index is 4.33. The van der Waals surface area contributed by atoms with E-state index in [-0.39, 0.29) is 12.4 Å². The molecule has 25 heavy (non-hydrogen) atoms. The van der Waals surface area contributed by atoms with Crippen LogP contribution < -0.4 is 21.9 Å². The van der Waals surface area contributed by atoms with E-state index in [0.717, 1.165) is 23.1 Å². The van der Waals surface area contributed by atoms with Crippen molar-refractivity contribution in [2.24, 2.45) is 17.3 Å². The van der Waals surface area contributed by atoms with E-state index < -0.39 is 0 Å². The van der Waals surface area contributed by atoms with E-state index >= 15 is 0 Å². The van der Waals surface area contributed by atoms with Gasteiger partial charge in [-0.1, -0.05) is 30.3 Å². The highest BCUT2D eigenvalue weighted by atomic mass is 35.5. The van der Waals surface area contributed by atoms with E-state index in [2.05, 4.69) is 71.7 Å². The molecule has 3 rings (SSSR count). The third kappa shape index (κ3) is 5.11. The van der Waals surface area contributed by atoms with Crippen molar-refractivity contribution in [3.05, 3.63) is 71.2 Å². The summed E-state index contributed by atoms with van der Waals surface area (Å²) in [5.41, 5.74) is 3.32. The number of rotatable bonds is 5. The molecule has 0 amide bonds. The maximum atomic E-state index is 4.33. The summed E-state index contributed by atoms with van der Waals surface area (Å²) in [6.07, 6.45) is 2.06. The van der Waals surface area contributed by atoms with Crippen molar-refractivity contribution in [3.63, 3.8) is 0 Å². The smallest absolute Gasteiger partial charge is 0.408 e. The Morgan fingerprint density at radius 1 is 1.00 bits per heavy atom. The summed E-state index contributed by atoms with van der Waals surface area (Å²) in [5.74, 6) is 0. The molecule has 2 aromatic carbocycles. The molecule has 0 bridgehead atoms. The number of hydrogen-bond donors (Lipinski definition) is 0. The minimum Gasteiger partial charge on any atom is -1.00 e. The summed E-state index contributed by atoms with van der Waals surface area (Å²) in [6.45, 7) is 2.95. The summed E-state index contributed by atoms with van der Waals surface area (Å²) in [4.78, 5) is 3.45. The lowest BCUT2D eigenvalue weighted by Gasteiger charge is -2.19. The topological polar surface area (TPSA) is 31.8 Å². The van der Waals surface area contributed by atoms with E-state index in [4.69, 9.17) is 0 Å². The van der Waals surface area contributed by atoms with Gasteiger partial charge in [0.25, 0.3) is 0 Å². The molecule has 0 N–H and O–H groups in total. The standard InChI is InChI=1S/C19H21N4S.ClH/c1-15-13-23(3)19(24-15)21-20-17-9-11-18(12-10-17)22(2)14-16-7-5-4-6-8-16;/h4-13H,14H2,1-3H3;1H/q+1;/p-1. The Labute approximate surface area is 158 Å². The first kappa shape index (κ1) is 19.1. The summed E-state index contributed by atoms with van der Waals surface area (Å²) in [7, 11) is 4.08. The maximum Gasteiger partial charge on any atom is 0.408 e. The fraction of sp³-hybridized carbons (Fsp3) is 0.211. The third-order valence-electron chi connectivity index (χ3n) is 3.73. The molecule has 4 nitrogen and oxygen atoms in total. The molecule has 0 fully saturated rings. The van der Waals surface area contributed by atoms with Crippen LogP contribution in [-0.4, -0.2) is 7.05 Å². The van der Waals surface area contributed by atoms with Crippen LogP contribution in [0.5, 0.6) is 0 Å². The number of benzene rings is 2. The van der Waals surface area contributed by atoms with E-state index in [0.29, 0.717) is 0 Å². The molecular formula is C19H21ClN4S. The molecule has 0 aliphatic rings. The number of aryl methyl sites for hydroxylation is 2. The molecule has 1 heterocycles. The number of hydrogen-bond acceptors (Lipinski definition) is 4. The first-order chi connectivity index (χ1) is 11.6. The zero-order valence-electron chi connectivity index (χ0n) is 14.6. The van der Waals surface area contributed by atoms with Gasteiger partial charge < -0.3 is 17.3 Å². The van der Waals surface area contributed by atoms with Gasteiger partial charge in [-0.05, 0) is 53.2 Å². The summed E-state index contributed by atoms with van der Waals surface area (Å²) >= 11 is 1.64. The van der Waals surface area contributed by atoms with Gasteiger partial charge in [-0.2, -0.15) is 0 Å². The van der Waals surface area contributed by atoms with E-state index in [1.54, 1.807) is 11.3 Å². The van der Waals surface area contributed by atoms with Crippen LogP contribution in [0.2, 0.25) is 0 Å². The highest BCUT2D eigenvalue weighted by Gasteiger charge is 2.10. The SMILES string of the molecule is Cc1c[n+](C)c(N=Nc2ccc(N(C)Cc3ccccc3)cc2)s1.[Cl-]. The third-order valence-corrected chi connectivity index (χ3v) is 4.71. The minimum absolute atomic E-state index is 0. The number of anilines is 1. The van der Waals surface area contributed by atoms with Gasteiger partial charge in [0.2, 0.25) is 0 Å². The van der Waals surface area contributed by atoms with Crippen LogP contribution >= 0.6 is 11.3 Å². The molecule has 1 aromatic heterocycles. The summed E-state index contributed by atoms with van der Waals surface area (Å²) in [6, 6.07) is 18.6. The van der Waals surface area contributed by atoms with Crippen LogP contribution in [0.4, 0.5) is 16.5 Å². The van der Waals surface area contributed by atoms with Gasteiger partial charge in [-0.3, -0.25) is 0 Å². The van der Waals surface area contributed by atoms with E-state index in [1.807, 2.05) is 29.8 Å². The lowest BCUT2D eigenvalue weighted by atomic mass is 10.2. The number of halogens is 1. The van der Waals surface area contributed by atoms with Gasteiger partial charge in [0.05, 0.1) is 12.2 Å². The average Bonchev–Trinajstić information content (AvgIpc) is 2.92. The quantitative estimate of drug-likeness (QED) is 0.497. The van der Waals surface area contributed by atoms with Crippen molar-refractivity contribution in [2.75, 3.05) is 11.9 Å². The van der Waals surface area contributed by atoms with E-state index in [9.17, 15) is 0 Å². The van der Waals surface area contributed by atoms with Crippen molar-refractivity contribution >= 4 is 27.8 Å². The Bertz CT molecular complexity index is 828. The Kier molecular flexibility index (Phi) is 6.67. The van der Waals surface area contributed by atoms with Crippen LogP contribution in [-0.2, 0) is 13.6 Å². The largest absolute Gasteiger partial charge is 1.00 e. The van der Waals surface area contributed by atoms with Gasteiger partial charge in [0, 0.05) is 24.2 Å². The average molecular weight is 373 g/mol. The van der Waals surface area contributed by atoms with Crippen molar-refractivity contribution in [2.45, 2.75) is 13.5 Å². The zero-order chi connectivity index (χ0) is 16.9. The number of nitrogens with zero attached hydrogens (tertiary/aromatic N) is 4. The number of aromatic nitrogens is 1. The Balaban J connectivity index is 0.00000225. The Morgan fingerprint density at radius 2 is 1.68 bits per heavy atom. The second kappa shape index (κ2) is 8.74. The zero-order valence-corrected chi connectivity index (χ0v) is 16.1. The number of azo groups is 1. The molecule has 0 saturated heterocycles. The molecule has 0 aliphatic carbocycles. The van der Waals surface area contributed by atoms with Crippen molar-refractivity contribution < 1.29 is 17.0 Å². The highest BCUT2D eigenvalue weighted by molar-refractivity contribution is 7.14. The molecule has 130 valence electrons. The van der Waals surface area contributed by atoms with E-state index in [1.165, 1.54) is 10.4 Å². The highest BCUT2D eigenvalue weighted by Crippen LogP contribution is 2.24. The monoisotopic (exact) mass is 372 g/mol. The van der Waals surface area contributed by atoms with Crippen LogP contribution in [0.1, 0.15) is 10.4 Å². The Hall–Kier alpha value is -2.24. The molecule has 0 radical (unpaired) electrons. The van der Waals surface area contributed by atoms with Crippen molar-refractivity contribution in [1.29, 1.82) is 0 Å². The molecule has 0 saturated carbocycles. The van der Waals surface area contributed by atoms with Gasteiger partial charge in [0.15, 0.2) is 0 Å². The van der Waals surface area contributed by atoms with Crippen LogP contribution in [0.15, 0.2) is 71.0 Å². The first-order valence-electron chi connectivity index (χ1n) is 7.85. The van der Waals surface area contributed by atoms with Gasteiger partial charge in [0.1, 0.15) is 11.9 Å². The second-order valence-corrected chi connectivity index (χ2v) is 7.01. The fourth-order valence-corrected chi connectivity index (χ4v) is 3.26. The molecule has 0 aliphatic heterocycles. The van der Waals surface area contributed by atoms with Crippen LogP contribution in [0.3, 0.4) is 0 Å². The molecule has 3 aromatic rings. The predicted molar refractivity (Wildman–Crippen MR) is 99.4 cm³/mol. The minimum atomic E-state index is 0. The number of thiazole rings is 1. The predicted octanol–water partition coefficient (Wildman–Crippen LogP) is 1.94. The van der Waals surface area contributed by atoms with Gasteiger partial charge in [-0.15, -0.1) is 0 Å². The summed E-state index contributed by atoms with van der Waals surface area (Å²) in [5, 5.41) is 9.56. The molecule has 0 spiro atoms. The van der Waals surface area contributed by atoms with Gasteiger partial charge >= 0.3 is 5.13 Å². The first-order valence-corrected chi connectivity index (χ1v) is 8.66. The lowest BCUT2D eigenvalue weighted by Crippen LogP contribution is -3.00. The summed E-state index contributed by atoms with van der Waals surface area (Å²) < 4.78 is 1.99.